The number of amides is 1. The minimum Gasteiger partial charge on any atom is -0.447 e. The minimum absolute atomic E-state index is 0.0976. The number of cyclic esters (lactones) is 1. The molecule has 14 heavy (non-hydrogen) atoms. The van der Waals surface area contributed by atoms with Crippen LogP contribution in [0, 0.1) is 0 Å². The predicted octanol–water partition coefficient (Wildman–Crippen LogP) is 0.969. The number of hydrogen-bond acceptors (Lipinski definition) is 3. The smallest absolute Gasteiger partial charge is 0.407 e. The largest absolute Gasteiger partial charge is 0.447 e. The van der Waals surface area contributed by atoms with Gasteiger partial charge in [-0.05, 0) is 33.2 Å². The number of carbonyl (C=O) groups excluding carboxylic acids is 1. The van der Waals surface area contributed by atoms with Crippen LogP contribution in [-0.4, -0.2) is 42.3 Å². The second-order valence-electron chi connectivity index (χ2n) is 4.65. The lowest BCUT2D eigenvalue weighted by molar-refractivity contribution is 0.0955. The van der Waals surface area contributed by atoms with E-state index in [0.717, 1.165) is 25.9 Å². The molecule has 0 aromatic rings. The minimum atomic E-state index is -0.254. The van der Waals surface area contributed by atoms with Crippen molar-refractivity contribution in [1.29, 1.82) is 0 Å². The molecule has 4 nitrogen and oxygen atoms in total. The molecule has 0 saturated carbocycles. The number of rotatable bonds is 1. The third-order valence-electron chi connectivity index (χ3n) is 3.18. The van der Waals surface area contributed by atoms with E-state index < -0.39 is 0 Å². The molecule has 0 aromatic carbocycles. The molecule has 0 radical (unpaired) electrons. The van der Waals surface area contributed by atoms with Crippen molar-refractivity contribution in [3.8, 4) is 0 Å². The first-order valence-electron chi connectivity index (χ1n) is 5.30. The van der Waals surface area contributed by atoms with Crippen LogP contribution < -0.4 is 5.32 Å². The molecular weight excluding hydrogens is 180 g/mol. The van der Waals surface area contributed by atoms with E-state index in [4.69, 9.17) is 4.74 Å². The maximum atomic E-state index is 11.0. The van der Waals surface area contributed by atoms with Gasteiger partial charge in [-0.15, -0.1) is 0 Å². The van der Waals surface area contributed by atoms with Crippen molar-refractivity contribution in [1.82, 2.24) is 10.2 Å². The summed E-state index contributed by atoms with van der Waals surface area (Å²) in [6.45, 7) is 6.98. The van der Waals surface area contributed by atoms with Crippen LogP contribution in [0.1, 0.15) is 26.7 Å². The molecule has 1 amide bonds. The number of nitrogens with one attached hydrogen (secondary N) is 1. The molecule has 1 spiro atoms. The Balaban J connectivity index is 2.03. The summed E-state index contributed by atoms with van der Waals surface area (Å²) in [6.07, 6.45) is 1.93. The summed E-state index contributed by atoms with van der Waals surface area (Å²) < 4.78 is 5.00. The summed E-state index contributed by atoms with van der Waals surface area (Å²) in [5.74, 6) is 0. The lowest BCUT2D eigenvalue weighted by Gasteiger charge is -2.40. The molecule has 2 aliphatic heterocycles. The van der Waals surface area contributed by atoms with Crippen molar-refractivity contribution in [2.75, 3.05) is 19.7 Å². The number of ether oxygens (including phenoxy) is 1. The second kappa shape index (κ2) is 3.42. The predicted molar refractivity (Wildman–Crippen MR) is 53.2 cm³/mol. The number of nitrogens with zero attached hydrogens (tertiary/aromatic N) is 1. The number of carbonyl (C=O) groups is 1. The molecule has 2 aliphatic rings. The zero-order valence-corrected chi connectivity index (χ0v) is 8.88. The molecule has 0 aromatic heterocycles. The fraction of sp³-hybridized carbons (Fsp3) is 0.900. The van der Waals surface area contributed by atoms with Crippen LogP contribution in [0.3, 0.4) is 0 Å². The summed E-state index contributed by atoms with van der Waals surface area (Å²) in [4.78, 5) is 13.4. The Labute approximate surface area is 84.6 Å². The Morgan fingerprint density at radius 1 is 1.57 bits per heavy atom. The molecule has 2 rings (SSSR count). The molecule has 2 saturated heterocycles. The quantitative estimate of drug-likeness (QED) is 0.682. The number of alkyl carbamates (subject to hydrolysis) is 1. The van der Waals surface area contributed by atoms with Crippen LogP contribution >= 0.6 is 0 Å². The van der Waals surface area contributed by atoms with Gasteiger partial charge in [-0.2, -0.15) is 0 Å². The third-order valence-corrected chi connectivity index (χ3v) is 3.18. The van der Waals surface area contributed by atoms with E-state index in [-0.39, 0.29) is 11.6 Å². The van der Waals surface area contributed by atoms with Gasteiger partial charge in [0.05, 0.1) is 5.54 Å². The summed E-state index contributed by atoms with van der Waals surface area (Å²) in [6, 6.07) is 0.546. The Morgan fingerprint density at radius 3 is 2.93 bits per heavy atom. The van der Waals surface area contributed by atoms with Gasteiger partial charge >= 0.3 is 6.09 Å². The van der Waals surface area contributed by atoms with Gasteiger partial charge in [0.1, 0.15) is 6.61 Å². The molecule has 2 heterocycles. The first-order valence-corrected chi connectivity index (χ1v) is 5.30. The van der Waals surface area contributed by atoms with E-state index in [1.165, 1.54) is 0 Å². The zero-order valence-electron chi connectivity index (χ0n) is 8.88. The summed E-state index contributed by atoms with van der Waals surface area (Å²) >= 11 is 0. The second-order valence-corrected chi connectivity index (χ2v) is 4.65. The Morgan fingerprint density at radius 2 is 2.36 bits per heavy atom. The lowest BCUT2D eigenvalue weighted by Crippen LogP contribution is -2.57. The van der Waals surface area contributed by atoms with Crippen LogP contribution in [0.5, 0.6) is 0 Å². The molecule has 1 N–H and O–H groups in total. The van der Waals surface area contributed by atoms with Gasteiger partial charge in [0.25, 0.3) is 0 Å². The average molecular weight is 198 g/mol. The Hall–Kier alpha value is -0.770. The summed E-state index contributed by atoms with van der Waals surface area (Å²) in [7, 11) is 0. The van der Waals surface area contributed by atoms with Gasteiger partial charge < -0.3 is 10.1 Å². The van der Waals surface area contributed by atoms with Crippen LogP contribution in [0.25, 0.3) is 0 Å². The van der Waals surface area contributed by atoms with Crippen molar-refractivity contribution in [2.24, 2.45) is 0 Å². The van der Waals surface area contributed by atoms with E-state index in [9.17, 15) is 4.79 Å². The first-order chi connectivity index (χ1) is 6.61. The Kier molecular flexibility index (Phi) is 2.39. The van der Waals surface area contributed by atoms with Gasteiger partial charge in [-0.25, -0.2) is 4.79 Å². The van der Waals surface area contributed by atoms with E-state index in [1.807, 2.05) is 0 Å². The highest BCUT2D eigenvalue weighted by Gasteiger charge is 2.43. The van der Waals surface area contributed by atoms with Crippen LogP contribution in [0.2, 0.25) is 0 Å². The maximum Gasteiger partial charge on any atom is 0.407 e. The molecule has 2 fully saturated rings. The van der Waals surface area contributed by atoms with Gasteiger partial charge in [-0.3, -0.25) is 4.90 Å². The van der Waals surface area contributed by atoms with Gasteiger partial charge in [0, 0.05) is 12.6 Å². The average Bonchev–Trinajstić information content (AvgIpc) is 2.47. The molecule has 4 heteroatoms. The molecule has 0 aliphatic carbocycles. The molecule has 0 unspecified atom stereocenters. The topological polar surface area (TPSA) is 41.6 Å². The van der Waals surface area contributed by atoms with Crippen molar-refractivity contribution >= 4 is 6.09 Å². The summed E-state index contributed by atoms with van der Waals surface area (Å²) in [5, 5.41) is 2.95. The highest BCUT2D eigenvalue weighted by atomic mass is 16.6. The van der Waals surface area contributed by atoms with E-state index in [2.05, 4.69) is 24.1 Å². The van der Waals surface area contributed by atoms with Gasteiger partial charge in [0.15, 0.2) is 0 Å². The number of piperidine rings is 1. The van der Waals surface area contributed by atoms with Gasteiger partial charge in [0.2, 0.25) is 0 Å². The Bertz CT molecular complexity index is 242. The molecular formula is C10H18N2O2. The van der Waals surface area contributed by atoms with E-state index >= 15 is 0 Å². The first kappa shape index (κ1) is 9.77. The van der Waals surface area contributed by atoms with Crippen LogP contribution in [0.15, 0.2) is 0 Å². The van der Waals surface area contributed by atoms with Crippen molar-refractivity contribution in [2.45, 2.75) is 38.3 Å². The fourth-order valence-corrected chi connectivity index (χ4v) is 2.32. The lowest BCUT2D eigenvalue weighted by atomic mass is 9.90. The van der Waals surface area contributed by atoms with Crippen molar-refractivity contribution in [3.63, 3.8) is 0 Å². The highest BCUT2D eigenvalue weighted by molar-refractivity contribution is 5.70. The van der Waals surface area contributed by atoms with E-state index in [1.54, 1.807) is 0 Å². The monoisotopic (exact) mass is 198 g/mol. The van der Waals surface area contributed by atoms with Gasteiger partial charge in [-0.1, -0.05) is 0 Å². The SMILES string of the molecule is CC(C)N1CCC[C@@]2(COC(=O)N2)C1. The highest BCUT2D eigenvalue weighted by Crippen LogP contribution is 2.26. The fourth-order valence-electron chi connectivity index (χ4n) is 2.32. The van der Waals surface area contributed by atoms with Crippen LogP contribution in [-0.2, 0) is 4.74 Å². The molecule has 80 valence electrons. The van der Waals surface area contributed by atoms with Crippen molar-refractivity contribution in [3.05, 3.63) is 0 Å². The normalized spacial score (nSPS) is 33.5. The van der Waals surface area contributed by atoms with Crippen molar-refractivity contribution < 1.29 is 9.53 Å². The van der Waals surface area contributed by atoms with Crippen LogP contribution in [0.4, 0.5) is 4.79 Å². The standard InChI is InChI=1S/C10H18N2O2/c1-8(2)12-5-3-4-10(6-12)7-14-9(13)11-10/h8H,3-7H2,1-2H3,(H,11,13)/t10-/m0/s1. The molecule has 0 bridgehead atoms. The third kappa shape index (κ3) is 1.71. The molecule has 1 atom stereocenters. The van der Waals surface area contributed by atoms with E-state index in [0.29, 0.717) is 12.6 Å². The zero-order chi connectivity index (χ0) is 10.2. The summed E-state index contributed by atoms with van der Waals surface area (Å²) in [5.41, 5.74) is -0.0976. The number of likely N-dealkylation sites (tertiary alicyclic amines) is 1. The maximum absolute atomic E-state index is 11.0. The number of hydrogen-bond donors (Lipinski definition) is 1.